The third-order valence-corrected chi connectivity index (χ3v) is 5.28. The maximum atomic E-state index is 12.7. The van der Waals surface area contributed by atoms with Gasteiger partial charge in [0.25, 0.3) is 5.56 Å². The number of nitrogens with one attached hydrogen (secondary N) is 2. The molecule has 5 rings (SSSR count). The van der Waals surface area contributed by atoms with Crippen LogP contribution in [-0.2, 0) is 17.3 Å². The van der Waals surface area contributed by atoms with Gasteiger partial charge in [-0.2, -0.15) is 10.1 Å². The summed E-state index contributed by atoms with van der Waals surface area (Å²) in [5.74, 6) is 0.496. The smallest absolute Gasteiger partial charge is 0.263 e. The van der Waals surface area contributed by atoms with Gasteiger partial charge in [0, 0.05) is 25.8 Å². The Balaban J connectivity index is 1.58. The molecule has 0 saturated carbocycles. The third-order valence-electron chi connectivity index (χ3n) is 5.28. The van der Waals surface area contributed by atoms with Gasteiger partial charge in [-0.1, -0.05) is 18.2 Å². The summed E-state index contributed by atoms with van der Waals surface area (Å²) in [6, 6.07) is 7.79. The van der Waals surface area contributed by atoms with Crippen molar-refractivity contribution in [1.29, 1.82) is 0 Å². The Morgan fingerprint density at radius 1 is 1.24 bits per heavy atom. The molecule has 4 heterocycles. The molecule has 1 aromatic carbocycles. The van der Waals surface area contributed by atoms with E-state index in [4.69, 9.17) is 0 Å². The Hall–Kier alpha value is -3.16. The first-order valence-corrected chi connectivity index (χ1v) is 8.16. The van der Waals surface area contributed by atoms with Crippen LogP contribution in [0.3, 0.4) is 0 Å². The van der Waals surface area contributed by atoms with E-state index >= 15 is 0 Å². The normalized spacial score (nSPS) is 22.0. The summed E-state index contributed by atoms with van der Waals surface area (Å²) < 4.78 is 1.58. The van der Waals surface area contributed by atoms with Crippen LogP contribution < -0.4 is 15.8 Å². The van der Waals surface area contributed by atoms with E-state index in [-0.39, 0.29) is 11.5 Å². The van der Waals surface area contributed by atoms with Crippen molar-refractivity contribution < 1.29 is 4.79 Å². The molecule has 3 aromatic rings. The zero-order chi connectivity index (χ0) is 17.2. The molecule has 0 radical (unpaired) electrons. The van der Waals surface area contributed by atoms with Gasteiger partial charge in [0.15, 0.2) is 5.65 Å². The second-order valence-corrected chi connectivity index (χ2v) is 6.65. The molecular formula is C17H16N6O2. The number of carbonyl (C=O) groups excluding carboxylic acids is 1. The molecular weight excluding hydrogens is 320 g/mol. The molecule has 2 N–H and O–H groups in total. The average Bonchev–Trinajstić information content (AvgIpc) is 3.28. The third kappa shape index (κ3) is 1.81. The highest BCUT2D eigenvalue weighted by Crippen LogP contribution is 2.44. The molecule has 8 nitrogen and oxygen atoms in total. The van der Waals surface area contributed by atoms with Crippen molar-refractivity contribution in [2.45, 2.75) is 11.8 Å². The maximum Gasteiger partial charge on any atom is 0.263 e. The molecule has 1 amide bonds. The van der Waals surface area contributed by atoms with Gasteiger partial charge in [-0.3, -0.25) is 19.3 Å². The van der Waals surface area contributed by atoms with Crippen LogP contribution in [0.5, 0.6) is 0 Å². The van der Waals surface area contributed by atoms with E-state index in [1.807, 2.05) is 29.2 Å². The lowest BCUT2D eigenvalue weighted by Crippen LogP contribution is -2.38. The lowest BCUT2D eigenvalue weighted by molar-refractivity contribution is -0.120. The second kappa shape index (κ2) is 4.69. The number of amides is 1. The van der Waals surface area contributed by atoms with Crippen molar-refractivity contribution in [3.63, 3.8) is 0 Å². The summed E-state index contributed by atoms with van der Waals surface area (Å²) in [4.78, 5) is 34.3. The number of hydrogen-bond donors (Lipinski definition) is 2. The van der Waals surface area contributed by atoms with Crippen molar-refractivity contribution in [3.05, 3.63) is 46.4 Å². The van der Waals surface area contributed by atoms with Crippen LogP contribution in [0, 0.1) is 0 Å². The average molecular weight is 336 g/mol. The summed E-state index contributed by atoms with van der Waals surface area (Å²) in [6.07, 6.45) is 2.19. The summed E-state index contributed by atoms with van der Waals surface area (Å²) in [7, 11) is 1.75. The number of anilines is 2. The quantitative estimate of drug-likeness (QED) is 0.684. The number of aryl methyl sites for hydroxylation is 1. The number of benzene rings is 1. The molecule has 1 atom stereocenters. The fraction of sp³-hybridized carbons (Fsp3) is 0.294. The molecule has 25 heavy (non-hydrogen) atoms. The standard InChI is InChI=1S/C17H16N6O2/c1-22-13-10(8-18-22)14(24)21-16(20-13)23-7-6-17(9-23)11-4-2-3-5-12(11)19-15(17)25/h2-5,8H,6-7,9H2,1H3,(H,19,25)(H,20,21,24). The van der Waals surface area contributed by atoms with Gasteiger partial charge in [0.05, 0.1) is 11.6 Å². The highest BCUT2D eigenvalue weighted by molar-refractivity contribution is 6.07. The number of aromatic amines is 1. The highest BCUT2D eigenvalue weighted by atomic mass is 16.2. The van der Waals surface area contributed by atoms with E-state index in [0.29, 0.717) is 36.5 Å². The topological polar surface area (TPSA) is 95.9 Å². The lowest BCUT2D eigenvalue weighted by Gasteiger charge is -2.22. The molecule has 8 heteroatoms. The Labute approximate surface area is 142 Å². The number of H-pyrrole nitrogens is 1. The molecule has 2 aromatic heterocycles. The summed E-state index contributed by atoms with van der Waals surface area (Å²) >= 11 is 0. The second-order valence-electron chi connectivity index (χ2n) is 6.65. The van der Waals surface area contributed by atoms with Crippen LogP contribution in [0.15, 0.2) is 35.3 Å². The van der Waals surface area contributed by atoms with E-state index in [0.717, 1.165) is 11.3 Å². The molecule has 1 saturated heterocycles. The number of para-hydroxylation sites is 1. The SMILES string of the molecule is Cn1ncc2c(=O)[nH]c(N3CCC4(C3)C(=O)Nc3ccccc34)nc21. The van der Waals surface area contributed by atoms with Crippen LogP contribution in [0.1, 0.15) is 12.0 Å². The fourth-order valence-electron chi connectivity index (χ4n) is 3.94. The lowest BCUT2D eigenvalue weighted by atomic mass is 9.81. The predicted molar refractivity (Wildman–Crippen MR) is 92.7 cm³/mol. The predicted octanol–water partition coefficient (Wildman–Crippen LogP) is 0.757. The molecule has 0 aliphatic carbocycles. The molecule has 1 fully saturated rings. The minimum absolute atomic E-state index is 0.0140. The number of hydrogen-bond acceptors (Lipinski definition) is 5. The van der Waals surface area contributed by atoms with E-state index in [1.165, 1.54) is 6.20 Å². The first-order valence-electron chi connectivity index (χ1n) is 8.16. The van der Waals surface area contributed by atoms with Crippen molar-refractivity contribution in [2.75, 3.05) is 23.3 Å². The maximum absolute atomic E-state index is 12.7. The first-order chi connectivity index (χ1) is 12.1. The number of aromatic nitrogens is 4. The van der Waals surface area contributed by atoms with E-state index in [2.05, 4.69) is 20.4 Å². The van der Waals surface area contributed by atoms with E-state index in [1.54, 1.807) is 11.7 Å². The monoisotopic (exact) mass is 336 g/mol. The van der Waals surface area contributed by atoms with Crippen LogP contribution in [0.4, 0.5) is 11.6 Å². The summed E-state index contributed by atoms with van der Waals surface area (Å²) in [6.45, 7) is 1.14. The van der Waals surface area contributed by atoms with E-state index < -0.39 is 5.41 Å². The summed E-state index contributed by atoms with van der Waals surface area (Å²) in [5.41, 5.74) is 1.63. The van der Waals surface area contributed by atoms with Crippen molar-refractivity contribution in [2.24, 2.45) is 7.05 Å². The Kier molecular flexibility index (Phi) is 2.66. The Bertz CT molecular complexity index is 1080. The summed E-state index contributed by atoms with van der Waals surface area (Å²) in [5, 5.41) is 7.53. The van der Waals surface area contributed by atoms with Crippen LogP contribution >= 0.6 is 0 Å². The number of nitrogens with zero attached hydrogens (tertiary/aromatic N) is 4. The fourth-order valence-corrected chi connectivity index (χ4v) is 3.94. The number of rotatable bonds is 1. The van der Waals surface area contributed by atoms with Crippen LogP contribution in [-0.4, -0.2) is 38.7 Å². The van der Waals surface area contributed by atoms with Gasteiger partial charge in [-0.25, -0.2) is 0 Å². The van der Waals surface area contributed by atoms with Crippen LogP contribution in [0.2, 0.25) is 0 Å². The zero-order valence-corrected chi connectivity index (χ0v) is 13.6. The molecule has 0 bridgehead atoms. The Morgan fingerprint density at radius 2 is 2.08 bits per heavy atom. The van der Waals surface area contributed by atoms with Crippen molar-refractivity contribution in [1.82, 2.24) is 19.7 Å². The van der Waals surface area contributed by atoms with Gasteiger partial charge in [-0.15, -0.1) is 0 Å². The van der Waals surface area contributed by atoms with Crippen LogP contribution in [0.25, 0.3) is 11.0 Å². The largest absolute Gasteiger partial charge is 0.341 e. The van der Waals surface area contributed by atoms with E-state index in [9.17, 15) is 9.59 Å². The molecule has 1 unspecified atom stereocenters. The minimum atomic E-state index is -0.587. The van der Waals surface area contributed by atoms with Crippen molar-refractivity contribution >= 4 is 28.6 Å². The van der Waals surface area contributed by atoms with Gasteiger partial charge in [-0.05, 0) is 18.1 Å². The first kappa shape index (κ1) is 14.2. The molecule has 126 valence electrons. The minimum Gasteiger partial charge on any atom is -0.341 e. The number of fused-ring (bicyclic) bond motifs is 3. The molecule has 1 spiro atoms. The van der Waals surface area contributed by atoms with Gasteiger partial charge in [0.2, 0.25) is 11.9 Å². The number of carbonyl (C=O) groups is 1. The van der Waals surface area contributed by atoms with Gasteiger partial charge in [0.1, 0.15) is 5.39 Å². The zero-order valence-electron chi connectivity index (χ0n) is 13.6. The molecule has 2 aliphatic heterocycles. The van der Waals surface area contributed by atoms with Gasteiger partial charge >= 0.3 is 0 Å². The van der Waals surface area contributed by atoms with Gasteiger partial charge < -0.3 is 10.2 Å². The van der Waals surface area contributed by atoms with Crippen molar-refractivity contribution in [3.8, 4) is 0 Å². The Morgan fingerprint density at radius 3 is 2.96 bits per heavy atom. The highest BCUT2D eigenvalue weighted by Gasteiger charge is 2.51. The molecule has 2 aliphatic rings.